The third kappa shape index (κ3) is 3.78. The summed E-state index contributed by atoms with van der Waals surface area (Å²) in [6.07, 6.45) is 0.893. The second-order valence-corrected chi connectivity index (χ2v) is 5.98. The van der Waals surface area contributed by atoms with Crippen molar-refractivity contribution in [1.82, 2.24) is 10.7 Å². The highest BCUT2D eigenvalue weighted by molar-refractivity contribution is 6.32. The maximum absolute atomic E-state index is 14.0. The third-order valence-corrected chi connectivity index (χ3v) is 4.00. The summed E-state index contributed by atoms with van der Waals surface area (Å²) in [5, 5.41) is 5.60. The lowest BCUT2D eigenvalue weighted by molar-refractivity contribution is -0.131. The molecule has 1 atom stereocenters. The summed E-state index contributed by atoms with van der Waals surface area (Å²) in [6.45, 7) is 1.87. The lowest BCUT2D eigenvalue weighted by atomic mass is 10.1. The number of urea groups is 1. The largest absolute Gasteiger partial charge is 0.335 e. The van der Waals surface area contributed by atoms with Crippen LogP contribution in [0.5, 0.6) is 0 Å². The summed E-state index contributed by atoms with van der Waals surface area (Å²) in [5.41, 5.74) is 3.23. The number of carbonyl (C=O) groups is 4. The van der Waals surface area contributed by atoms with E-state index < -0.39 is 35.5 Å². The Morgan fingerprint density at radius 2 is 1.82 bits per heavy atom. The van der Waals surface area contributed by atoms with Crippen LogP contribution in [0.1, 0.15) is 15.9 Å². The Balaban J connectivity index is 1.76. The van der Waals surface area contributed by atoms with E-state index in [4.69, 9.17) is 0 Å². The summed E-state index contributed by atoms with van der Waals surface area (Å²) in [4.78, 5) is 49.1. The summed E-state index contributed by atoms with van der Waals surface area (Å²) in [6, 6.07) is 10.8. The van der Waals surface area contributed by atoms with Crippen molar-refractivity contribution in [2.75, 3.05) is 4.90 Å². The van der Waals surface area contributed by atoms with Crippen molar-refractivity contribution < 1.29 is 23.6 Å². The van der Waals surface area contributed by atoms with E-state index in [1.54, 1.807) is 24.3 Å². The molecule has 0 unspecified atom stereocenters. The molecular weight excluding hydrogens is 367 g/mol. The van der Waals surface area contributed by atoms with E-state index in [2.05, 4.69) is 10.5 Å². The molecule has 2 N–H and O–H groups in total. The van der Waals surface area contributed by atoms with Crippen LogP contribution in [-0.4, -0.2) is 30.0 Å². The lowest BCUT2D eigenvalue weighted by Gasteiger charge is -2.28. The van der Waals surface area contributed by atoms with Gasteiger partial charge in [-0.3, -0.25) is 19.7 Å². The minimum absolute atomic E-state index is 0.292. The Morgan fingerprint density at radius 1 is 1.14 bits per heavy atom. The summed E-state index contributed by atoms with van der Waals surface area (Å²) in [5.74, 6) is -4.75. The summed E-state index contributed by atoms with van der Waals surface area (Å²) >= 11 is 0. The first-order chi connectivity index (χ1) is 13.4. The second kappa shape index (κ2) is 7.78. The maximum Gasteiger partial charge on any atom is 0.335 e. The van der Waals surface area contributed by atoms with Gasteiger partial charge in [0.25, 0.3) is 11.8 Å². The number of nitrogens with zero attached hydrogens (tertiary/aromatic N) is 2. The number of hydrogen-bond donors (Lipinski definition) is 2. The fourth-order valence-corrected chi connectivity index (χ4v) is 2.52. The number of hydrogen-bond acceptors (Lipinski definition) is 5. The molecule has 0 aromatic heterocycles. The van der Waals surface area contributed by atoms with Gasteiger partial charge in [0, 0.05) is 11.8 Å². The number of aryl methyl sites for hydroxylation is 1. The predicted molar refractivity (Wildman–Crippen MR) is 98.1 cm³/mol. The molecule has 142 valence electrons. The topological polar surface area (TPSA) is 108 Å². The van der Waals surface area contributed by atoms with Crippen molar-refractivity contribution >= 4 is 35.7 Å². The minimum Gasteiger partial charge on any atom is -0.276 e. The van der Waals surface area contributed by atoms with E-state index in [1.165, 1.54) is 18.2 Å². The van der Waals surface area contributed by atoms with E-state index in [9.17, 15) is 23.6 Å². The summed E-state index contributed by atoms with van der Waals surface area (Å²) in [7, 11) is 0. The Hall–Kier alpha value is -3.88. The predicted octanol–water partition coefficient (Wildman–Crippen LogP) is 1.75. The number of halogens is 1. The van der Waals surface area contributed by atoms with Gasteiger partial charge in [-0.2, -0.15) is 5.10 Å². The smallest absolute Gasteiger partial charge is 0.276 e. The quantitative estimate of drug-likeness (QED) is 0.477. The number of benzene rings is 2. The van der Waals surface area contributed by atoms with Gasteiger partial charge in [0.2, 0.25) is 5.91 Å². The molecule has 0 bridgehead atoms. The molecule has 1 aliphatic rings. The van der Waals surface area contributed by atoms with Crippen LogP contribution in [0.2, 0.25) is 0 Å². The molecule has 1 saturated heterocycles. The minimum atomic E-state index is -1.50. The normalized spacial score (nSPS) is 17.0. The van der Waals surface area contributed by atoms with Gasteiger partial charge in [-0.15, -0.1) is 0 Å². The van der Waals surface area contributed by atoms with Crippen molar-refractivity contribution in [1.29, 1.82) is 0 Å². The number of anilines is 1. The molecule has 9 heteroatoms. The molecule has 0 aliphatic carbocycles. The van der Waals surface area contributed by atoms with Crippen molar-refractivity contribution in [3.63, 3.8) is 0 Å². The molecule has 5 amide bonds. The van der Waals surface area contributed by atoms with Crippen LogP contribution in [0.3, 0.4) is 0 Å². The van der Waals surface area contributed by atoms with Crippen LogP contribution in [0.4, 0.5) is 14.9 Å². The van der Waals surface area contributed by atoms with Gasteiger partial charge in [-0.05, 0) is 31.2 Å². The Morgan fingerprint density at radius 3 is 2.50 bits per heavy atom. The monoisotopic (exact) mass is 382 g/mol. The fraction of sp³-hybridized carbons (Fsp3) is 0.105. The van der Waals surface area contributed by atoms with Crippen LogP contribution in [0, 0.1) is 18.7 Å². The molecule has 0 saturated carbocycles. The average molecular weight is 382 g/mol. The standard InChI is InChI=1S/C19H15FN4O4/c1-11-6-8-12(9-7-11)16(25)23-21-10-13-17(26)22-19(28)24(18(13)27)15-5-3-2-4-14(15)20/h2-10,13H,1H3,(H,23,25)(H,22,26,28)/b21-10-/t13-/m0/s1. The first kappa shape index (κ1) is 18.9. The molecule has 0 radical (unpaired) electrons. The third-order valence-electron chi connectivity index (χ3n) is 4.00. The first-order valence-electron chi connectivity index (χ1n) is 8.22. The molecule has 0 spiro atoms. The SMILES string of the molecule is Cc1ccc(C(=O)N/N=C\[C@H]2C(=O)NC(=O)N(c3ccccc3F)C2=O)cc1. The number of rotatable bonds is 4. The molecule has 28 heavy (non-hydrogen) atoms. The van der Waals surface area contributed by atoms with Crippen molar-refractivity contribution in [3.05, 3.63) is 65.5 Å². The van der Waals surface area contributed by atoms with Crippen LogP contribution in [0.25, 0.3) is 0 Å². The highest BCUT2D eigenvalue weighted by atomic mass is 19.1. The van der Waals surface area contributed by atoms with Gasteiger partial charge >= 0.3 is 6.03 Å². The number of hydrazone groups is 1. The van der Waals surface area contributed by atoms with Gasteiger partial charge < -0.3 is 0 Å². The molecule has 1 aliphatic heterocycles. The molecule has 1 fully saturated rings. The molecular formula is C19H15FN4O4. The number of amides is 5. The number of carbonyl (C=O) groups excluding carboxylic acids is 4. The highest BCUT2D eigenvalue weighted by Gasteiger charge is 2.41. The van der Waals surface area contributed by atoms with E-state index in [0.717, 1.165) is 17.8 Å². The Bertz CT molecular complexity index is 988. The number of para-hydroxylation sites is 1. The van der Waals surface area contributed by atoms with Gasteiger partial charge in [-0.25, -0.2) is 19.5 Å². The van der Waals surface area contributed by atoms with E-state index in [-0.39, 0.29) is 5.69 Å². The van der Waals surface area contributed by atoms with Crippen LogP contribution in [0.15, 0.2) is 53.6 Å². The van der Waals surface area contributed by atoms with Crippen LogP contribution in [-0.2, 0) is 9.59 Å². The van der Waals surface area contributed by atoms with Gasteiger partial charge in [0.15, 0.2) is 5.92 Å². The van der Waals surface area contributed by atoms with Crippen LogP contribution < -0.4 is 15.6 Å². The first-order valence-corrected chi connectivity index (χ1v) is 8.22. The second-order valence-electron chi connectivity index (χ2n) is 5.98. The van der Waals surface area contributed by atoms with Gasteiger partial charge in [0.1, 0.15) is 5.82 Å². The molecule has 8 nitrogen and oxygen atoms in total. The maximum atomic E-state index is 14.0. The van der Waals surface area contributed by atoms with E-state index in [1.807, 2.05) is 12.2 Å². The Labute approximate surface area is 159 Å². The Kier molecular flexibility index (Phi) is 5.25. The average Bonchev–Trinajstić information content (AvgIpc) is 2.66. The van der Waals surface area contributed by atoms with Crippen molar-refractivity contribution in [2.24, 2.45) is 11.0 Å². The highest BCUT2D eigenvalue weighted by Crippen LogP contribution is 2.23. The van der Waals surface area contributed by atoms with E-state index >= 15 is 0 Å². The molecule has 2 aromatic carbocycles. The zero-order valence-electron chi connectivity index (χ0n) is 14.7. The van der Waals surface area contributed by atoms with Crippen molar-refractivity contribution in [2.45, 2.75) is 6.92 Å². The van der Waals surface area contributed by atoms with Gasteiger partial charge in [-0.1, -0.05) is 29.8 Å². The van der Waals surface area contributed by atoms with Crippen LogP contribution >= 0.6 is 0 Å². The molecule has 2 aromatic rings. The summed E-state index contributed by atoms with van der Waals surface area (Å²) < 4.78 is 14.0. The van der Waals surface area contributed by atoms with Crippen molar-refractivity contribution in [3.8, 4) is 0 Å². The van der Waals surface area contributed by atoms with Gasteiger partial charge in [0.05, 0.1) is 5.69 Å². The molecule has 3 rings (SSSR count). The van der Waals surface area contributed by atoms with E-state index in [0.29, 0.717) is 10.5 Å². The number of imide groups is 2. The number of nitrogens with one attached hydrogen (secondary N) is 2. The zero-order valence-corrected chi connectivity index (χ0v) is 14.7. The zero-order chi connectivity index (χ0) is 20.3. The fourth-order valence-electron chi connectivity index (χ4n) is 2.52. The lowest BCUT2D eigenvalue weighted by Crippen LogP contribution is -2.59. The molecule has 1 heterocycles. The number of barbiturate groups is 1.